The summed E-state index contributed by atoms with van der Waals surface area (Å²) in [4.78, 5) is 16.9. The van der Waals surface area contributed by atoms with Crippen molar-refractivity contribution in [3.8, 4) is 28.3 Å². The average molecular weight is 470 g/mol. The number of rotatable bonds is 11. The molecule has 4 aromatic rings. The average Bonchev–Trinajstić information content (AvgIpc) is 3.41. The Morgan fingerprint density at radius 1 is 0.914 bits per heavy atom. The highest BCUT2D eigenvalue weighted by Crippen LogP contribution is 2.23. The molecule has 0 saturated carbocycles. The number of aryl methyl sites for hydroxylation is 1. The number of benzene rings is 3. The van der Waals surface area contributed by atoms with Crippen molar-refractivity contribution in [1.82, 2.24) is 14.9 Å². The van der Waals surface area contributed by atoms with E-state index in [0.717, 1.165) is 29.2 Å². The van der Waals surface area contributed by atoms with Crippen molar-refractivity contribution in [2.75, 3.05) is 20.3 Å². The van der Waals surface area contributed by atoms with Crippen molar-refractivity contribution in [3.63, 3.8) is 0 Å². The first kappa shape index (κ1) is 24.1. The first-order chi connectivity index (χ1) is 17.2. The molecule has 0 radical (unpaired) electrons. The fourth-order valence-electron chi connectivity index (χ4n) is 3.82. The van der Waals surface area contributed by atoms with Crippen LogP contribution in [0, 0.1) is 0 Å². The molecule has 6 heteroatoms. The van der Waals surface area contributed by atoms with Crippen LogP contribution in [0.5, 0.6) is 11.5 Å². The molecule has 0 atom stereocenters. The van der Waals surface area contributed by atoms with E-state index in [9.17, 15) is 4.79 Å². The maximum Gasteiger partial charge on any atom is 0.270 e. The van der Waals surface area contributed by atoms with Gasteiger partial charge in [-0.25, -0.2) is 4.98 Å². The number of hydrogen-bond acceptors (Lipinski definition) is 4. The molecule has 4 rings (SSSR count). The smallest absolute Gasteiger partial charge is 0.270 e. The van der Waals surface area contributed by atoms with Crippen LogP contribution < -0.4 is 14.8 Å². The molecule has 1 N–H and O–H groups in total. The van der Waals surface area contributed by atoms with Gasteiger partial charge in [0.2, 0.25) is 0 Å². The minimum Gasteiger partial charge on any atom is -0.497 e. The van der Waals surface area contributed by atoms with E-state index < -0.39 is 0 Å². The Balaban J connectivity index is 1.34. The third kappa shape index (κ3) is 6.29. The number of aromatic nitrogens is 2. The zero-order valence-electron chi connectivity index (χ0n) is 20.2. The lowest BCUT2D eigenvalue weighted by Gasteiger charge is -2.11. The number of carbonyl (C=O) groups is 1. The first-order valence-corrected chi connectivity index (χ1v) is 11.9. The highest BCUT2D eigenvalue weighted by Gasteiger charge is 2.13. The number of nitrogens with zero attached hydrogens (tertiary/aromatic N) is 2. The van der Waals surface area contributed by atoms with Crippen molar-refractivity contribution >= 4 is 5.91 Å². The zero-order valence-corrected chi connectivity index (χ0v) is 20.2. The Morgan fingerprint density at radius 2 is 1.57 bits per heavy atom. The summed E-state index contributed by atoms with van der Waals surface area (Å²) in [6.45, 7) is 2.95. The third-order valence-electron chi connectivity index (χ3n) is 5.84. The second kappa shape index (κ2) is 11.9. The zero-order chi connectivity index (χ0) is 24.5. The van der Waals surface area contributed by atoms with Crippen molar-refractivity contribution < 1.29 is 14.3 Å². The highest BCUT2D eigenvalue weighted by atomic mass is 16.5. The van der Waals surface area contributed by atoms with E-state index in [4.69, 9.17) is 9.47 Å². The lowest BCUT2D eigenvalue weighted by molar-refractivity contribution is 0.0940. The number of amides is 1. The summed E-state index contributed by atoms with van der Waals surface area (Å²) in [6.07, 6.45) is 6.76. The van der Waals surface area contributed by atoms with Crippen LogP contribution in [-0.4, -0.2) is 35.7 Å². The fraction of sp³-hybridized carbons (Fsp3) is 0.241. The van der Waals surface area contributed by atoms with Crippen LogP contribution in [0.25, 0.3) is 16.8 Å². The molecule has 1 aromatic heterocycles. The van der Waals surface area contributed by atoms with Crippen molar-refractivity contribution in [1.29, 1.82) is 0 Å². The van der Waals surface area contributed by atoms with E-state index in [1.54, 1.807) is 24.2 Å². The predicted octanol–water partition coefficient (Wildman–Crippen LogP) is 5.70. The van der Waals surface area contributed by atoms with Crippen LogP contribution >= 0.6 is 0 Å². The Kier molecular flexibility index (Phi) is 8.17. The van der Waals surface area contributed by atoms with E-state index in [-0.39, 0.29) is 5.91 Å². The second-order valence-corrected chi connectivity index (χ2v) is 8.28. The summed E-state index contributed by atoms with van der Waals surface area (Å²) in [5.74, 6) is 1.29. The maximum atomic E-state index is 12.7. The summed E-state index contributed by atoms with van der Waals surface area (Å²) in [5, 5.41) is 2.90. The quantitative estimate of drug-likeness (QED) is 0.286. The molecule has 1 heterocycles. The molecular weight excluding hydrogens is 438 g/mol. The molecule has 0 aliphatic heterocycles. The standard InChI is InChI=1S/C29H31N3O3/c1-3-4-5-22-6-8-23(9-7-22)24-10-12-25(13-11-24)32-21-30-20-28(32)29(33)31-18-19-35-27-16-14-26(34-2)15-17-27/h6-17,20-21H,3-5,18-19H2,1-2H3,(H,31,33). The minimum absolute atomic E-state index is 0.201. The van der Waals surface area contributed by atoms with Crippen LogP contribution in [0.3, 0.4) is 0 Å². The molecule has 0 spiro atoms. The van der Waals surface area contributed by atoms with Gasteiger partial charge < -0.3 is 14.8 Å². The molecule has 0 fully saturated rings. The molecule has 0 saturated heterocycles. The number of unbranched alkanes of at least 4 members (excludes halogenated alkanes) is 1. The lowest BCUT2D eigenvalue weighted by Crippen LogP contribution is -2.29. The number of hydrogen-bond donors (Lipinski definition) is 1. The molecule has 0 aliphatic rings. The number of imidazole rings is 1. The van der Waals surface area contributed by atoms with Gasteiger partial charge in [0.15, 0.2) is 0 Å². The van der Waals surface area contributed by atoms with Crippen LogP contribution in [0.2, 0.25) is 0 Å². The van der Waals surface area contributed by atoms with Gasteiger partial charge in [-0.15, -0.1) is 0 Å². The van der Waals surface area contributed by atoms with Crippen LogP contribution in [-0.2, 0) is 6.42 Å². The summed E-state index contributed by atoms with van der Waals surface area (Å²) in [7, 11) is 1.62. The van der Waals surface area contributed by atoms with E-state index in [1.807, 2.05) is 36.4 Å². The Labute approximate surface area is 206 Å². The number of carbonyl (C=O) groups excluding carboxylic acids is 1. The molecule has 180 valence electrons. The SMILES string of the molecule is CCCCc1ccc(-c2ccc(-n3cncc3C(=O)NCCOc3ccc(OC)cc3)cc2)cc1. The van der Waals surface area contributed by atoms with Crippen molar-refractivity contribution in [3.05, 3.63) is 96.6 Å². The van der Waals surface area contributed by atoms with Gasteiger partial charge in [-0.3, -0.25) is 9.36 Å². The normalized spacial score (nSPS) is 10.7. The van der Waals surface area contributed by atoms with Gasteiger partial charge in [-0.2, -0.15) is 0 Å². The van der Waals surface area contributed by atoms with Crippen LogP contribution in [0.15, 0.2) is 85.3 Å². The number of methoxy groups -OCH3 is 1. The fourth-order valence-corrected chi connectivity index (χ4v) is 3.82. The van der Waals surface area contributed by atoms with Gasteiger partial charge in [0.05, 0.1) is 26.2 Å². The van der Waals surface area contributed by atoms with E-state index >= 15 is 0 Å². The molecule has 6 nitrogen and oxygen atoms in total. The lowest BCUT2D eigenvalue weighted by atomic mass is 10.0. The number of nitrogens with one attached hydrogen (secondary N) is 1. The predicted molar refractivity (Wildman–Crippen MR) is 138 cm³/mol. The van der Waals surface area contributed by atoms with Gasteiger partial charge in [0.25, 0.3) is 5.91 Å². The van der Waals surface area contributed by atoms with E-state index in [0.29, 0.717) is 18.8 Å². The van der Waals surface area contributed by atoms with Gasteiger partial charge in [0.1, 0.15) is 23.8 Å². The molecule has 0 bridgehead atoms. The van der Waals surface area contributed by atoms with E-state index in [2.05, 4.69) is 53.6 Å². The van der Waals surface area contributed by atoms with Gasteiger partial charge in [0, 0.05) is 5.69 Å². The third-order valence-corrected chi connectivity index (χ3v) is 5.84. The summed E-state index contributed by atoms with van der Waals surface area (Å²) in [6, 6.07) is 24.2. The van der Waals surface area contributed by atoms with Crippen molar-refractivity contribution in [2.24, 2.45) is 0 Å². The molecular formula is C29H31N3O3. The largest absolute Gasteiger partial charge is 0.497 e. The Morgan fingerprint density at radius 3 is 2.23 bits per heavy atom. The van der Waals surface area contributed by atoms with Gasteiger partial charge >= 0.3 is 0 Å². The molecule has 0 aliphatic carbocycles. The summed E-state index contributed by atoms with van der Waals surface area (Å²) in [5.41, 5.74) is 5.04. The summed E-state index contributed by atoms with van der Waals surface area (Å²) < 4.78 is 12.6. The van der Waals surface area contributed by atoms with Crippen molar-refractivity contribution in [2.45, 2.75) is 26.2 Å². The Bertz CT molecular complexity index is 1210. The Hall–Kier alpha value is -4.06. The molecule has 3 aromatic carbocycles. The number of ether oxygens (including phenoxy) is 2. The summed E-state index contributed by atoms with van der Waals surface area (Å²) >= 11 is 0. The van der Waals surface area contributed by atoms with E-state index in [1.165, 1.54) is 24.0 Å². The first-order valence-electron chi connectivity index (χ1n) is 11.9. The van der Waals surface area contributed by atoms with Gasteiger partial charge in [-0.1, -0.05) is 49.7 Å². The monoisotopic (exact) mass is 469 g/mol. The maximum absolute atomic E-state index is 12.7. The van der Waals surface area contributed by atoms with Crippen LogP contribution in [0.4, 0.5) is 0 Å². The minimum atomic E-state index is -0.201. The van der Waals surface area contributed by atoms with Gasteiger partial charge in [-0.05, 0) is 65.9 Å². The molecule has 0 unspecified atom stereocenters. The van der Waals surface area contributed by atoms with Crippen LogP contribution in [0.1, 0.15) is 35.8 Å². The molecule has 35 heavy (non-hydrogen) atoms. The topological polar surface area (TPSA) is 65.4 Å². The second-order valence-electron chi connectivity index (χ2n) is 8.28. The highest BCUT2D eigenvalue weighted by molar-refractivity contribution is 5.93. The molecule has 1 amide bonds.